The van der Waals surface area contributed by atoms with Crippen LogP contribution in [0, 0.1) is 18.3 Å². The van der Waals surface area contributed by atoms with Crippen molar-refractivity contribution >= 4 is 23.0 Å². The molecule has 1 atom stereocenters. The maximum Gasteiger partial charge on any atom is 0.418 e. The molecule has 12 heteroatoms. The van der Waals surface area contributed by atoms with Crippen molar-refractivity contribution in [1.29, 1.82) is 5.26 Å². The van der Waals surface area contributed by atoms with Crippen molar-refractivity contribution < 1.29 is 37.0 Å². The summed E-state index contributed by atoms with van der Waals surface area (Å²) in [7, 11) is 2.80. The normalized spacial score (nSPS) is 16.1. The molecule has 1 aromatic heterocycles. The zero-order valence-corrected chi connectivity index (χ0v) is 25.4. The lowest BCUT2D eigenvalue weighted by Crippen LogP contribution is -2.48. The van der Waals surface area contributed by atoms with Gasteiger partial charge in [0.2, 0.25) is 0 Å². The predicted octanol–water partition coefficient (Wildman–Crippen LogP) is 6.21. The number of hydrogen-bond acceptors (Lipinski definition) is 8. The second-order valence-corrected chi connectivity index (χ2v) is 10.9. The van der Waals surface area contributed by atoms with Crippen LogP contribution in [0.25, 0.3) is 10.9 Å². The third kappa shape index (κ3) is 7.34. The lowest BCUT2D eigenvalue weighted by molar-refractivity contribution is -0.139. The smallest absolute Gasteiger partial charge is 0.418 e. The van der Waals surface area contributed by atoms with Gasteiger partial charge in [-0.2, -0.15) is 18.4 Å². The van der Waals surface area contributed by atoms with E-state index in [9.17, 15) is 28.0 Å². The van der Waals surface area contributed by atoms with Gasteiger partial charge in [-0.3, -0.25) is 14.4 Å². The van der Waals surface area contributed by atoms with E-state index >= 15 is 0 Å². The summed E-state index contributed by atoms with van der Waals surface area (Å²) in [5.74, 6) is -0.0333. The minimum atomic E-state index is -4.28. The summed E-state index contributed by atoms with van der Waals surface area (Å²) < 4.78 is 56.8. The topological polar surface area (TPSA) is 97.0 Å². The van der Waals surface area contributed by atoms with Gasteiger partial charge in [0.25, 0.3) is 0 Å². The van der Waals surface area contributed by atoms with Gasteiger partial charge in [0.15, 0.2) is 0 Å². The van der Waals surface area contributed by atoms with Gasteiger partial charge in [0.05, 0.1) is 43.9 Å². The van der Waals surface area contributed by atoms with Crippen molar-refractivity contribution in [2.45, 2.75) is 51.9 Å². The molecule has 0 amide bonds. The first-order chi connectivity index (χ1) is 21.0. The number of carbonyl (C=O) groups excluding carboxylic acids is 2. The Morgan fingerprint density at radius 1 is 1.14 bits per heavy atom. The van der Waals surface area contributed by atoms with E-state index in [1.165, 1.54) is 17.7 Å². The van der Waals surface area contributed by atoms with E-state index < -0.39 is 30.7 Å². The molecule has 9 nitrogen and oxygen atoms in total. The maximum absolute atomic E-state index is 13.1. The van der Waals surface area contributed by atoms with E-state index in [0.29, 0.717) is 43.1 Å². The lowest BCUT2D eigenvalue weighted by atomic mass is 9.96. The van der Waals surface area contributed by atoms with Gasteiger partial charge in [-0.1, -0.05) is 19.4 Å². The Labute approximate surface area is 254 Å². The molecule has 236 valence electrons. The average molecular weight is 615 g/mol. The number of benzene rings is 2. The van der Waals surface area contributed by atoms with Gasteiger partial charge in [-0.25, -0.2) is 9.59 Å². The number of hydrogen-bond donors (Lipinski definition) is 0. The van der Waals surface area contributed by atoms with Crippen LogP contribution in [0.2, 0.25) is 0 Å². The molecule has 0 N–H and O–H groups in total. The zero-order valence-electron chi connectivity index (χ0n) is 25.4. The van der Waals surface area contributed by atoms with E-state index in [2.05, 4.69) is 4.90 Å². The Morgan fingerprint density at radius 2 is 1.91 bits per heavy atom. The second-order valence-electron chi connectivity index (χ2n) is 10.9. The van der Waals surface area contributed by atoms with Gasteiger partial charge in [0.1, 0.15) is 11.8 Å². The molecule has 2 aromatic carbocycles. The Balaban J connectivity index is 1.73. The Bertz CT molecular complexity index is 1550. The molecular formula is C32H37F3N4O5. The van der Waals surface area contributed by atoms with Crippen LogP contribution in [-0.2, 0) is 16.0 Å². The highest BCUT2D eigenvalue weighted by atomic mass is 19.4. The molecule has 4 rings (SSSR count). The fourth-order valence-electron chi connectivity index (χ4n) is 5.66. The largest absolute Gasteiger partial charge is 0.496 e. The summed E-state index contributed by atoms with van der Waals surface area (Å²) >= 11 is 0. The second kappa shape index (κ2) is 14.1. The molecule has 1 unspecified atom stereocenters. The molecule has 1 aliphatic heterocycles. The summed E-state index contributed by atoms with van der Waals surface area (Å²) in [6, 6.07) is 10.2. The summed E-state index contributed by atoms with van der Waals surface area (Å²) in [6.07, 6.45) is -2.36. The lowest BCUT2D eigenvalue weighted by Gasteiger charge is -2.42. The van der Waals surface area contributed by atoms with Crippen molar-refractivity contribution in [1.82, 2.24) is 14.4 Å². The van der Waals surface area contributed by atoms with Crippen molar-refractivity contribution in [3.05, 3.63) is 64.3 Å². The highest BCUT2D eigenvalue weighted by Crippen LogP contribution is 2.37. The monoisotopic (exact) mass is 614 g/mol. The average Bonchev–Trinajstić information content (AvgIpc) is 3.47. The van der Waals surface area contributed by atoms with E-state index in [0.717, 1.165) is 29.4 Å². The summed E-state index contributed by atoms with van der Waals surface area (Å²) in [5, 5.41) is 10.6. The van der Waals surface area contributed by atoms with Crippen molar-refractivity contribution in [2.24, 2.45) is 0 Å². The number of esters is 1. The van der Waals surface area contributed by atoms with Gasteiger partial charge in [-0.15, -0.1) is 0 Å². The van der Waals surface area contributed by atoms with Crippen molar-refractivity contribution in [3.63, 3.8) is 0 Å². The van der Waals surface area contributed by atoms with E-state index in [4.69, 9.17) is 14.2 Å². The van der Waals surface area contributed by atoms with Gasteiger partial charge in [0, 0.05) is 55.9 Å². The van der Waals surface area contributed by atoms with Gasteiger partial charge < -0.3 is 14.2 Å². The third-order valence-corrected chi connectivity index (χ3v) is 7.97. The first kappa shape index (κ1) is 32.8. The number of unbranched alkanes of at least 4 members (excludes halogenated alkanes) is 1. The number of carbonyl (C=O) groups is 2. The number of halogens is 3. The molecule has 0 radical (unpaired) electrons. The Kier molecular flexibility index (Phi) is 10.5. The van der Waals surface area contributed by atoms with Crippen LogP contribution in [0.15, 0.2) is 36.5 Å². The van der Waals surface area contributed by atoms with Gasteiger partial charge >= 0.3 is 18.2 Å². The number of fused-ring (bicyclic) bond motifs is 1. The van der Waals surface area contributed by atoms with Crippen LogP contribution >= 0.6 is 0 Å². The summed E-state index contributed by atoms with van der Waals surface area (Å²) in [4.78, 5) is 29.0. The number of piperazine rings is 1. The highest BCUT2D eigenvalue weighted by molar-refractivity contribution is 5.95. The fraction of sp³-hybridized carbons (Fsp3) is 0.469. The molecule has 1 saturated heterocycles. The molecule has 3 aromatic rings. The highest BCUT2D eigenvalue weighted by Gasteiger charge is 2.34. The van der Waals surface area contributed by atoms with Crippen molar-refractivity contribution in [3.8, 4) is 11.8 Å². The molecule has 2 heterocycles. The minimum absolute atomic E-state index is 0.115. The first-order valence-corrected chi connectivity index (χ1v) is 14.5. The van der Waals surface area contributed by atoms with Gasteiger partial charge in [-0.05, 0) is 48.7 Å². The van der Waals surface area contributed by atoms with E-state index in [-0.39, 0.29) is 24.2 Å². The number of alkyl halides is 3. The first-order valence-electron chi connectivity index (χ1n) is 14.5. The summed E-state index contributed by atoms with van der Waals surface area (Å²) in [5.41, 5.74) is 3.25. The molecule has 1 aliphatic rings. The fourth-order valence-corrected chi connectivity index (χ4v) is 5.66. The number of methoxy groups -OCH3 is 2. The van der Waals surface area contributed by atoms with E-state index in [1.54, 1.807) is 30.3 Å². The third-order valence-electron chi connectivity index (χ3n) is 7.97. The van der Waals surface area contributed by atoms with Crippen LogP contribution in [0.3, 0.4) is 0 Å². The van der Waals surface area contributed by atoms with Crippen LogP contribution in [0.5, 0.6) is 5.75 Å². The van der Waals surface area contributed by atoms with Crippen LogP contribution in [0.1, 0.15) is 64.8 Å². The maximum atomic E-state index is 13.1. The molecule has 0 bridgehead atoms. The number of nitriles is 1. The molecular weight excluding hydrogens is 577 g/mol. The number of ether oxygens (including phenoxy) is 3. The van der Waals surface area contributed by atoms with Crippen LogP contribution < -0.4 is 4.74 Å². The zero-order chi connectivity index (χ0) is 32.0. The standard InChI is InChI=1S/C32H37F3N4O5/c1-5-6-15-44-31(41)39-11-9-25-26(28(42-3)16-21(2)29(25)39)19-38-14-13-37(12-10-32(33,34)35)20-27(38)22-7-8-24(30(40)43-4)23(17-22)18-36/h7-9,11,16-17,27H,5-6,10,12-15,19-20H2,1-4H3. The Hall–Kier alpha value is -4.08. The minimum Gasteiger partial charge on any atom is -0.496 e. The van der Waals surface area contributed by atoms with E-state index in [1.807, 2.05) is 32.0 Å². The molecule has 44 heavy (non-hydrogen) atoms. The number of nitrogens with zero attached hydrogens (tertiary/aromatic N) is 4. The quantitative estimate of drug-likeness (QED) is 0.196. The molecule has 0 spiro atoms. The number of rotatable bonds is 10. The number of aryl methyl sites for hydroxylation is 1. The van der Waals surface area contributed by atoms with Crippen LogP contribution in [0.4, 0.5) is 18.0 Å². The SMILES string of the molecule is CCCCOC(=O)n1ccc2c(CN3CCN(CCC(F)(F)F)CC3c3ccc(C(=O)OC)c(C#N)c3)c(OC)cc(C)c21. The summed E-state index contributed by atoms with van der Waals surface area (Å²) in [6.45, 7) is 5.53. The Morgan fingerprint density at radius 3 is 2.57 bits per heavy atom. The van der Waals surface area contributed by atoms with Crippen LogP contribution in [-0.4, -0.2) is 79.6 Å². The molecule has 1 fully saturated rings. The van der Waals surface area contributed by atoms with Crippen molar-refractivity contribution in [2.75, 3.05) is 47.0 Å². The molecule has 0 aliphatic carbocycles. The predicted molar refractivity (Wildman–Crippen MR) is 158 cm³/mol. The molecule has 0 saturated carbocycles. The number of aromatic nitrogens is 1.